The number of carbonyl (C=O) groups excluding carboxylic acids is 1. The second-order valence-electron chi connectivity index (χ2n) is 6.61. The van der Waals surface area contributed by atoms with Crippen LogP contribution in [0.3, 0.4) is 0 Å². The molecule has 1 saturated heterocycles. The first-order valence-corrected chi connectivity index (χ1v) is 9.60. The minimum atomic E-state index is -0.0309. The van der Waals surface area contributed by atoms with E-state index in [1.54, 1.807) is 24.1 Å². The number of benzene rings is 1. The van der Waals surface area contributed by atoms with E-state index in [9.17, 15) is 4.79 Å². The van der Waals surface area contributed by atoms with Crippen molar-refractivity contribution in [3.05, 3.63) is 36.0 Å². The van der Waals surface area contributed by atoms with Gasteiger partial charge in [-0.25, -0.2) is 0 Å². The van der Waals surface area contributed by atoms with Gasteiger partial charge in [0.15, 0.2) is 0 Å². The van der Waals surface area contributed by atoms with Crippen molar-refractivity contribution in [3.8, 4) is 5.75 Å². The number of fused-ring (bicyclic) bond motifs is 1. The molecule has 3 aromatic rings. The molecule has 2 aromatic heterocycles. The van der Waals surface area contributed by atoms with Gasteiger partial charge in [-0.2, -0.15) is 9.97 Å². The summed E-state index contributed by atoms with van der Waals surface area (Å²) in [5.74, 6) is 1.70. The number of morpholine rings is 1. The van der Waals surface area contributed by atoms with E-state index < -0.39 is 0 Å². The zero-order valence-electron chi connectivity index (χ0n) is 16.5. The molecule has 0 unspecified atom stereocenters. The summed E-state index contributed by atoms with van der Waals surface area (Å²) in [7, 11) is 1.57. The Bertz CT molecular complexity index is 1010. The van der Waals surface area contributed by atoms with Crippen LogP contribution >= 0.6 is 0 Å². The van der Waals surface area contributed by atoms with E-state index in [2.05, 4.69) is 25.6 Å². The van der Waals surface area contributed by atoms with Gasteiger partial charge in [0.1, 0.15) is 17.2 Å². The number of nitrogens with zero attached hydrogens (tertiary/aromatic N) is 3. The summed E-state index contributed by atoms with van der Waals surface area (Å²) >= 11 is 0. The van der Waals surface area contributed by atoms with Crippen LogP contribution in [-0.4, -0.2) is 65.7 Å². The second kappa shape index (κ2) is 8.36. The molecule has 29 heavy (non-hydrogen) atoms. The van der Waals surface area contributed by atoms with E-state index in [-0.39, 0.29) is 5.91 Å². The Labute approximate surface area is 168 Å². The fourth-order valence-electron chi connectivity index (χ4n) is 3.30. The predicted molar refractivity (Wildman–Crippen MR) is 111 cm³/mol. The molecule has 0 atom stereocenters. The standard InChI is InChI=1S/C20H24N6O3/c1-3-21-17-14-6-7-22-18(14)25-20(24-17)23-15-5-4-13(12-16(15)28-2)19(27)26-8-10-29-11-9-26/h4-7,12H,3,8-11H2,1-2H3,(H3,21,22,23,24,25). The van der Waals surface area contributed by atoms with E-state index in [1.165, 1.54) is 0 Å². The predicted octanol–water partition coefficient (Wildman–Crippen LogP) is 2.61. The van der Waals surface area contributed by atoms with Crippen LogP contribution in [0.4, 0.5) is 17.5 Å². The Balaban J connectivity index is 1.60. The molecule has 3 N–H and O–H groups in total. The number of anilines is 3. The van der Waals surface area contributed by atoms with Gasteiger partial charge in [-0.15, -0.1) is 0 Å². The van der Waals surface area contributed by atoms with Crippen molar-refractivity contribution in [2.24, 2.45) is 0 Å². The van der Waals surface area contributed by atoms with Gasteiger partial charge in [0, 0.05) is 31.4 Å². The molecule has 1 fully saturated rings. The Hall–Kier alpha value is -3.33. The van der Waals surface area contributed by atoms with E-state index in [1.807, 2.05) is 25.3 Å². The van der Waals surface area contributed by atoms with E-state index in [0.717, 1.165) is 23.4 Å². The summed E-state index contributed by atoms with van der Waals surface area (Å²) in [4.78, 5) is 26.7. The number of nitrogens with one attached hydrogen (secondary N) is 3. The molecule has 0 aliphatic carbocycles. The molecule has 0 saturated carbocycles. The minimum absolute atomic E-state index is 0.0309. The largest absolute Gasteiger partial charge is 0.495 e. The fourth-order valence-corrected chi connectivity index (χ4v) is 3.30. The van der Waals surface area contributed by atoms with Crippen molar-refractivity contribution in [2.45, 2.75) is 6.92 Å². The third-order valence-corrected chi connectivity index (χ3v) is 4.75. The number of ether oxygens (including phenoxy) is 2. The molecule has 9 heteroatoms. The van der Waals surface area contributed by atoms with Gasteiger partial charge in [-0.1, -0.05) is 0 Å². The zero-order chi connectivity index (χ0) is 20.2. The molecule has 152 valence electrons. The number of amides is 1. The van der Waals surface area contributed by atoms with Crippen LogP contribution in [0.25, 0.3) is 11.0 Å². The first kappa shape index (κ1) is 19.0. The normalized spacial score (nSPS) is 14.1. The number of aromatic amines is 1. The maximum atomic E-state index is 12.7. The molecule has 0 bridgehead atoms. The molecule has 1 aliphatic heterocycles. The number of carbonyl (C=O) groups is 1. The van der Waals surface area contributed by atoms with Crippen LogP contribution < -0.4 is 15.4 Å². The Kier molecular flexibility index (Phi) is 5.48. The van der Waals surface area contributed by atoms with Gasteiger partial charge in [0.2, 0.25) is 5.95 Å². The van der Waals surface area contributed by atoms with Gasteiger partial charge < -0.3 is 30.0 Å². The quantitative estimate of drug-likeness (QED) is 0.588. The first-order chi connectivity index (χ1) is 14.2. The van der Waals surface area contributed by atoms with E-state index in [0.29, 0.717) is 49.3 Å². The molecule has 1 amide bonds. The maximum Gasteiger partial charge on any atom is 0.254 e. The lowest BCUT2D eigenvalue weighted by atomic mass is 10.1. The van der Waals surface area contributed by atoms with Crippen molar-refractivity contribution < 1.29 is 14.3 Å². The lowest BCUT2D eigenvalue weighted by molar-refractivity contribution is 0.0302. The van der Waals surface area contributed by atoms with Crippen molar-refractivity contribution in [1.82, 2.24) is 19.9 Å². The molecule has 1 aliphatic rings. The SMILES string of the molecule is CCNc1nc(Nc2ccc(C(=O)N3CCOCC3)cc2OC)nc2[nH]ccc12. The Morgan fingerprint density at radius 3 is 2.86 bits per heavy atom. The average Bonchev–Trinajstić information content (AvgIpc) is 3.23. The molecule has 1 aromatic carbocycles. The summed E-state index contributed by atoms with van der Waals surface area (Å²) < 4.78 is 10.8. The summed E-state index contributed by atoms with van der Waals surface area (Å²) in [5, 5.41) is 7.37. The lowest BCUT2D eigenvalue weighted by Gasteiger charge is -2.27. The van der Waals surface area contributed by atoms with Crippen LogP contribution in [-0.2, 0) is 4.74 Å². The Morgan fingerprint density at radius 1 is 1.28 bits per heavy atom. The smallest absolute Gasteiger partial charge is 0.254 e. The monoisotopic (exact) mass is 396 g/mol. The molecular weight excluding hydrogens is 372 g/mol. The molecule has 3 heterocycles. The molecular formula is C20H24N6O3. The summed E-state index contributed by atoms with van der Waals surface area (Å²) in [6, 6.07) is 7.25. The number of rotatable bonds is 6. The molecule has 9 nitrogen and oxygen atoms in total. The average molecular weight is 396 g/mol. The second-order valence-corrected chi connectivity index (χ2v) is 6.61. The van der Waals surface area contributed by atoms with Gasteiger partial charge in [0.25, 0.3) is 5.91 Å². The van der Waals surface area contributed by atoms with Crippen molar-refractivity contribution in [2.75, 3.05) is 50.6 Å². The van der Waals surface area contributed by atoms with E-state index >= 15 is 0 Å². The van der Waals surface area contributed by atoms with Crippen molar-refractivity contribution in [3.63, 3.8) is 0 Å². The molecule has 4 rings (SSSR count). The molecule has 0 spiro atoms. The highest BCUT2D eigenvalue weighted by Gasteiger charge is 2.20. The number of hydrogen-bond donors (Lipinski definition) is 3. The summed E-state index contributed by atoms with van der Waals surface area (Å²) in [6.45, 7) is 5.08. The fraction of sp³-hybridized carbons (Fsp3) is 0.350. The van der Waals surface area contributed by atoms with Crippen LogP contribution in [0.15, 0.2) is 30.5 Å². The van der Waals surface area contributed by atoms with Crippen LogP contribution in [0, 0.1) is 0 Å². The third kappa shape index (κ3) is 3.95. The van der Waals surface area contributed by atoms with Gasteiger partial charge in [-0.05, 0) is 31.2 Å². The first-order valence-electron chi connectivity index (χ1n) is 9.60. The van der Waals surface area contributed by atoms with Crippen LogP contribution in [0.1, 0.15) is 17.3 Å². The zero-order valence-corrected chi connectivity index (χ0v) is 16.5. The van der Waals surface area contributed by atoms with Gasteiger partial charge in [0.05, 0.1) is 31.4 Å². The number of methoxy groups -OCH3 is 1. The topological polar surface area (TPSA) is 104 Å². The van der Waals surface area contributed by atoms with Gasteiger partial charge in [-0.3, -0.25) is 4.79 Å². The number of hydrogen-bond acceptors (Lipinski definition) is 7. The van der Waals surface area contributed by atoms with Crippen molar-refractivity contribution in [1.29, 1.82) is 0 Å². The third-order valence-electron chi connectivity index (χ3n) is 4.75. The summed E-state index contributed by atoms with van der Waals surface area (Å²) in [6.07, 6.45) is 1.83. The van der Waals surface area contributed by atoms with Crippen LogP contribution in [0.5, 0.6) is 5.75 Å². The number of aromatic nitrogens is 3. The van der Waals surface area contributed by atoms with Crippen molar-refractivity contribution >= 4 is 34.4 Å². The Morgan fingerprint density at radius 2 is 2.10 bits per heavy atom. The molecule has 0 radical (unpaired) electrons. The van der Waals surface area contributed by atoms with Gasteiger partial charge >= 0.3 is 0 Å². The minimum Gasteiger partial charge on any atom is -0.495 e. The highest BCUT2D eigenvalue weighted by Crippen LogP contribution is 2.30. The maximum absolute atomic E-state index is 12.7. The summed E-state index contributed by atoms with van der Waals surface area (Å²) in [5.41, 5.74) is 1.99. The van der Waals surface area contributed by atoms with E-state index in [4.69, 9.17) is 9.47 Å². The highest BCUT2D eigenvalue weighted by molar-refractivity contribution is 5.95. The van der Waals surface area contributed by atoms with Crippen LogP contribution in [0.2, 0.25) is 0 Å². The number of H-pyrrole nitrogens is 1. The lowest BCUT2D eigenvalue weighted by Crippen LogP contribution is -2.40. The highest BCUT2D eigenvalue weighted by atomic mass is 16.5.